The summed E-state index contributed by atoms with van der Waals surface area (Å²) in [5.74, 6) is -0.642. The summed E-state index contributed by atoms with van der Waals surface area (Å²) in [6, 6.07) is 9.80. The van der Waals surface area contributed by atoms with Gasteiger partial charge in [0.15, 0.2) is 5.03 Å². The highest BCUT2D eigenvalue weighted by Gasteiger charge is 2.23. The first-order chi connectivity index (χ1) is 17.1. The smallest absolute Gasteiger partial charge is 0.354 e. The Hall–Kier alpha value is -4.57. The maximum atomic E-state index is 13.0. The van der Waals surface area contributed by atoms with Gasteiger partial charge < -0.3 is 9.30 Å². The summed E-state index contributed by atoms with van der Waals surface area (Å²) in [5, 5.41) is -0.103. The molecule has 2 heterocycles. The first kappa shape index (κ1) is 26.0. The number of benzene rings is 1. The number of carbonyl (C=O) groups excluding carboxylic acids is 1. The second-order valence-electron chi connectivity index (χ2n) is 7.57. The van der Waals surface area contributed by atoms with E-state index in [1.165, 1.54) is 43.3 Å². The average molecular weight is 504 g/mol. The van der Waals surface area contributed by atoms with Crippen molar-refractivity contribution in [3.8, 4) is 11.1 Å². The molecule has 9 nitrogen and oxygen atoms in total. The van der Waals surface area contributed by atoms with Crippen LogP contribution in [0.3, 0.4) is 0 Å². The molecule has 0 saturated heterocycles. The number of pyridine rings is 1. The Labute approximate surface area is 210 Å². The molecule has 0 unspecified atom stereocenters. The summed E-state index contributed by atoms with van der Waals surface area (Å²) in [7, 11) is -1.33. The lowest BCUT2D eigenvalue weighted by Crippen LogP contribution is -2.18. The number of hydrogen-bond donors (Lipinski definition) is 1. The number of nitrogens with one attached hydrogen (secondary N) is 1. The van der Waals surface area contributed by atoms with Gasteiger partial charge in [-0.1, -0.05) is 19.2 Å². The van der Waals surface area contributed by atoms with Crippen LogP contribution in [0.25, 0.3) is 16.7 Å². The van der Waals surface area contributed by atoms with Gasteiger partial charge in [-0.2, -0.15) is 8.42 Å². The fraction of sp³-hybridized carbons (Fsp3) is 0.0769. The molecule has 0 fully saturated rings. The Morgan fingerprint density at radius 1 is 1.11 bits per heavy atom. The Morgan fingerprint density at radius 3 is 2.53 bits per heavy atom. The molecule has 0 saturated carbocycles. The van der Waals surface area contributed by atoms with Crippen molar-refractivity contribution in [2.45, 2.75) is 5.03 Å². The molecular weight excluding hydrogens is 478 g/mol. The third-order valence-electron chi connectivity index (χ3n) is 5.33. The van der Waals surface area contributed by atoms with Crippen molar-refractivity contribution in [2.24, 2.45) is 17.0 Å². The van der Waals surface area contributed by atoms with E-state index in [1.54, 1.807) is 24.4 Å². The number of aliphatic imine (C=N–C) groups is 2. The zero-order valence-electron chi connectivity index (χ0n) is 19.9. The monoisotopic (exact) mass is 503 g/mol. The molecule has 0 amide bonds. The third kappa shape index (κ3) is 5.39. The molecule has 3 rings (SSSR count). The van der Waals surface area contributed by atoms with E-state index in [0.717, 1.165) is 5.56 Å². The van der Waals surface area contributed by atoms with Crippen LogP contribution in [0.5, 0.6) is 0 Å². The summed E-state index contributed by atoms with van der Waals surface area (Å²) in [4.78, 5) is 23.8. The summed E-state index contributed by atoms with van der Waals surface area (Å²) in [5.41, 5.74) is 4.30. The van der Waals surface area contributed by atoms with Gasteiger partial charge in [0.2, 0.25) is 0 Å². The van der Waals surface area contributed by atoms with E-state index in [2.05, 4.69) is 51.0 Å². The van der Waals surface area contributed by atoms with Crippen LogP contribution in [0.2, 0.25) is 0 Å². The Bertz CT molecular complexity index is 1520. The lowest BCUT2D eigenvalue weighted by Gasteiger charge is -2.13. The van der Waals surface area contributed by atoms with Crippen molar-refractivity contribution in [1.29, 1.82) is 0 Å². The van der Waals surface area contributed by atoms with Crippen LogP contribution in [-0.4, -0.2) is 44.5 Å². The molecule has 3 aromatic rings. The van der Waals surface area contributed by atoms with Crippen LogP contribution in [-0.2, 0) is 21.8 Å². The number of ether oxygens (including phenoxy) is 1. The number of methoxy groups -OCH3 is 1. The van der Waals surface area contributed by atoms with Gasteiger partial charge in [0.1, 0.15) is 5.69 Å². The first-order valence-electron chi connectivity index (χ1n) is 10.5. The van der Waals surface area contributed by atoms with Crippen LogP contribution in [0, 0.1) is 0 Å². The van der Waals surface area contributed by atoms with Crippen molar-refractivity contribution >= 4 is 46.4 Å². The van der Waals surface area contributed by atoms with Gasteiger partial charge in [0.05, 0.1) is 24.7 Å². The van der Waals surface area contributed by atoms with Crippen molar-refractivity contribution in [2.75, 3.05) is 11.8 Å². The molecule has 0 aliphatic heterocycles. The molecular formula is C26H25N5O4S. The molecule has 1 aromatic carbocycles. The zero-order valence-corrected chi connectivity index (χ0v) is 20.7. The number of allylic oxidation sites excluding steroid dienone is 3. The largest absolute Gasteiger partial charge is 0.464 e. The van der Waals surface area contributed by atoms with Crippen molar-refractivity contribution < 1.29 is 17.9 Å². The Balaban J connectivity index is 1.96. The number of hydrogen-bond acceptors (Lipinski definition) is 7. The normalized spacial score (nSPS) is 11.2. The van der Waals surface area contributed by atoms with E-state index in [0.29, 0.717) is 28.0 Å². The van der Waals surface area contributed by atoms with E-state index in [9.17, 15) is 13.2 Å². The number of rotatable bonds is 10. The standard InChI is InChI=1S/C26H25N5O4S/c1-17(11-12-27-3)18(2)22-14-19(7-8-23(22)28-4)20-13-21(16-29-15-20)30-36(33,34)25-10-9-24(31(25)5)26(32)35-6/h7-16,30H,1-4H2,5-6H3/b12-11-. The van der Waals surface area contributed by atoms with Crippen LogP contribution in [0.1, 0.15) is 16.1 Å². The second-order valence-corrected chi connectivity index (χ2v) is 9.20. The van der Waals surface area contributed by atoms with Gasteiger partial charge in [-0.15, -0.1) is 0 Å². The highest BCUT2D eigenvalue weighted by Crippen LogP contribution is 2.34. The maximum absolute atomic E-state index is 13.0. The van der Waals surface area contributed by atoms with Gasteiger partial charge in [-0.25, -0.2) is 4.79 Å². The number of carbonyl (C=O) groups is 1. The molecule has 0 aliphatic rings. The van der Waals surface area contributed by atoms with E-state index in [1.807, 2.05) is 12.1 Å². The van der Waals surface area contributed by atoms with Crippen molar-refractivity contribution in [3.05, 3.63) is 91.1 Å². The highest BCUT2D eigenvalue weighted by atomic mass is 32.2. The van der Waals surface area contributed by atoms with Gasteiger partial charge in [0, 0.05) is 30.6 Å². The molecule has 0 bridgehead atoms. The molecule has 0 spiro atoms. The van der Waals surface area contributed by atoms with Crippen LogP contribution in [0.4, 0.5) is 11.4 Å². The molecule has 0 radical (unpaired) electrons. The van der Waals surface area contributed by atoms with E-state index in [-0.39, 0.29) is 16.4 Å². The summed E-state index contributed by atoms with van der Waals surface area (Å²) >= 11 is 0. The van der Waals surface area contributed by atoms with Crippen LogP contribution >= 0.6 is 0 Å². The quantitative estimate of drug-likeness (QED) is 0.243. The maximum Gasteiger partial charge on any atom is 0.354 e. The Morgan fingerprint density at radius 2 is 1.86 bits per heavy atom. The van der Waals surface area contributed by atoms with E-state index >= 15 is 0 Å². The van der Waals surface area contributed by atoms with Gasteiger partial charge in [-0.3, -0.25) is 19.7 Å². The number of esters is 1. The Kier molecular flexibility index (Phi) is 7.80. The SMILES string of the molecule is C=N/C=C\C(=C)C(=C)c1cc(-c2cncc(NS(=O)(=O)c3ccc(C(=O)OC)n3C)c2)ccc1N=C. The molecule has 0 atom stereocenters. The third-order valence-corrected chi connectivity index (χ3v) is 6.80. The fourth-order valence-electron chi connectivity index (χ4n) is 3.44. The van der Waals surface area contributed by atoms with Crippen LogP contribution < -0.4 is 4.72 Å². The highest BCUT2D eigenvalue weighted by molar-refractivity contribution is 7.92. The van der Waals surface area contributed by atoms with E-state index < -0.39 is 16.0 Å². The molecule has 1 N–H and O–H groups in total. The topological polar surface area (TPSA) is 115 Å². The van der Waals surface area contributed by atoms with E-state index in [4.69, 9.17) is 0 Å². The minimum atomic E-state index is -4.02. The minimum absolute atomic E-state index is 0.103. The van der Waals surface area contributed by atoms with Crippen molar-refractivity contribution in [3.63, 3.8) is 0 Å². The predicted molar refractivity (Wildman–Crippen MR) is 143 cm³/mol. The summed E-state index contributed by atoms with van der Waals surface area (Å²) < 4.78 is 34.5. The number of aromatic nitrogens is 2. The molecule has 0 aliphatic carbocycles. The lowest BCUT2D eigenvalue weighted by molar-refractivity contribution is 0.0589. The summed E-state index contributed by atoms with van der Waals surface area (Å²) in [6.07, 6.45) is 6.19. The molecule has 2 aromatic heterocycles. The fourth-order valence-corrected chi connectivity index (χ4v) is 4.68. The van der Waals surface area contributed by atoms with Crippen LogP contribution in [0.15, 0.2) is 94.8 Å². The second kappa shape index (κ2) is 10.8. The van der Waals surface area contributed by atoms with Crippen molar-refractivity contribution in [1.82, 2.24) is 9.55 Å². The van der Waals surface area contributed by atoms with Gasteiger partial charge >= 0.3 is 5.97 Å². The molecule has 10 heteroatoms. The summed E-state index contributed by atoms with van der Waals surface area (Å²) in [6.45, 7) is 15.1. The zero-order chi connectivity index (χ0) is 26.5. The number of nitrogens with zero attached hydrogens (tertiary/aromatic N) is 4. The van der Waals surface area contributed by atoms with Gasteiger partial charge in [0.25, 0.3) is 10.0 Å². The van der Waals surface area contributed by atoms with Gasteiger partial charge in [-0.05, 0) is 66.6 Å². The minimum Gasteiger partial charge on any atom is -0.464 e. The number of sulfonamides is 1. The average Bonchev–Trinajstić information content (AvgIpc) is 3.28. The molecule has 184 valence electrons. The lowest BCUT2D eigenvalue weighted by atomic mass is 9.95. The molecule has 36 heavy (non-hydrogen) atoms. The number of anilines is 1. The predicted octanol–water partition coefficient (Wildman–Crippen LogP) is 4.79. The first-order valence-corrected chi connectivity index (χ1v) is 11.9.